The number of rotatable bonds is 4. The van der Waals surface area contributed by atoms with Gasteiger partial charge in [-0.15, -0.1) is 13.2 Å². The average Bonchev–Trinajstić information content (AvgIpc) is 2.39. The number of alkyl halides is 3. The summed E-state index contributed by atoms with van der Waals surface area (Å²) in [6.07, 6.45) is -3.88. The number of halogens is 4. The van der Waals surface area contributed by atoms with Crippen molar-refractivity contribution in [2.75, 3.05) is 5.32 Å². The minimum absolute atomic E-state index is 0.186. The highest BCUT2D eigenvalue weighted by Gasteiger charge is 2.31. The maximum Gasteiger partial charge on any atom is 0.573 e. The first-order chi connectivity index (χ1) is 10.2. The fourth-order valence-electron chi connectivity index (χ4n) is 1.46. The molecular formula is C11H6ClF3N4O3. The smallest absolute Gasteiger partial charge is 0.406 e. The summed E-state index contributed by atoms with van der Waals surface area (Å²) in [4.78, 5) is 17.3. The fourth-order valence-corrected chi connectivity index (χ4v) is 1.59. The Bertz CT molecular complexity index is 694. The van der Waals surface area contributed by atoms with Crippen molar-refractivity contribution >= 4 is 28.8 Å². The molecule has 0 aliphatic carbocycles. The Morgan fingerprint density at radius 3 is 2.45 bits per heavy atom. The number of nitro groups is 1. The van der Waals surface area contributed by atoms with E-state index in [0.29, 0.717) is 0 Å². The van der Waals surface area contributed by atoms with Crippen LogP contribution in [0.1, 0.15) is 0 Å². The van der Waals surface area contributed by atoms with E-state index in [1.807, 2.05) is 0 Å². The van der Waals surface area contributed by atoms with Gasteiger partial charge in [-0.05, 0) is 35.9 Å². The number of anilines is 2. The second-order valence-electron chi connectivity index (χ2n) is 3.83. The predicted molar refractivity (Wildman–Crippen MR) is 70.1 cm³/mol. The first kappa shape index (κ1) is 15.8. The van der Waals surface area contributed by atoms with Gasteiger partial charge in [0.15, 0.2) is 0 Å². The second-order valence-corrected chi connectivity index (χ2v) is 4.17. The molecule has 1 heterocycles. The number of aromatic nitrogens is 2. The van der Waals surface area contributed by atoms with Crippen LogP contribution in [0.25, 0.3) is 0 Å². The molecule has 0 saturated heterocycles. The molecule has 1 N–H and O–H groups in total. The standard InChI is InChI=1S/C11H6ClF3N4O3/c12-10-16-5-8(19(20)21)9(18-10)17-6-1-3-7(4-2-6)22-11(13,14)15/h1-5H,(H,16,17,18). The third-order valence-corrected chi connectivity index (χ3v) is 2.47. The van der Waals surface area contributed by atoms with E-state index >= 15 is 0 Å². The molecule has 1 aromatic heterocycles. The Morgan fingerprint density at radius 2 is 1.91 bits per heavy atom. The Balaban J connectivity index is 2.21. The molecule has 0 unspecified atom stereocenters. The van der Waals surface area contributed by atoms with E-state index in [-0.39, 0.29) is 16.8 Å². The van der Waals surface area contributed by atoms with E-state index < -0.39 is 22.7 Å². The van der Waals surface area contributed by atoms with Gasteiger partial charge in [-0.1, -0.05) is 0 Å². The molecular weight excluding hydrogens is 329 g/mol. The molecule has 0 saturated carbocycles. The van der Waals surface area contributed by atoms with Gasteiger partial charge in [0.1, 0.15) is 11.9 Å². The van der Waals surface area contributed by atoms with Crippen molar-refractivity contribution in [3.8, 4) is 5.75 Å². The molecule has 0 aliphatic rings. The van der Waals surface area contributed by atoms with Gasteiger partial charge in [0.2, 0.25) is 11.1 Å². The summed E-state index contributed by atoms with van der Waals surface area (Å²) >= 11 is 5.56. The number of nitrogens with one attached hydrogen (secondary N) is 1. The third-order valence-electron chi connectivity index (χ3n) is 2.29. The number of hydrogen-bond donors (Lipinski definition) is 1. The minimum Gasteiger partial charge on any atom is -0.406 e. The minimum atomic E-state index is -4.80. The highest BCUT2D eigenvalue weighted by atomic mass is 35.5. The Labute approximate surface area is 125 Å². The van der Waals surface area contributed by atoms with Gasteiger partial charge in [0.25, 0.3) is 0 Å². The molecule has 116 valence electrons. The van der Waals surface area contributed by atoms with Crippen molar-refractivity contribution in [2.45, 2.75) is 6.36 Å². The van der Waals surface area contributed by atoms with Crippen LogP contribution >= 0.6 is 11.6 Å². The van der Waals surface area contributed by atoms with E-state index in [0.717, 1.165) is 18.3 Å². The number of ether oxygens (including phenoxy) is 1. The van der Waals surface area contributed by atoms with Crippen molar-refractivity contribution in [3.63, 3.8) is 0 Å². The lowest BCUT2D eigenvalue weighted by molar-refractivity contribution is -0.384. The summed E-state index contributed by atoms with van der Waals surface area (Å²) in [5.41, 5.74) is -0.174. The molecule has 11 heteroatoms. The summed E-state index contributed by atoms with van der Waals surface area (Å²) in [5.74, 6) is -0.609. The van der Waals surface area contributed by atoms with Gasteiger partial charge in [-0.25, -0.2) is 4.98 Å². The SMILES string of the molecule is O=[N+]([O-])c1cnc(Cl)nc1Nc1ccc(OC(F)(F)F)cc1. The summed E-state index contributed by atoms with van der Waals surface area (Å²) in [6.45, 7) is 0. The Kier molecular flexibility index (Phi) is 4.31. The highest BCUT2D eigenvalue weighted by Crippen LogP contribution is 2.28. The first-order valence-electron chi connectivity index (χ1n) is 5.54. The normalized spacial score (nSPS) is 11.1. The van der Waals surface area contributed by atoms with E-state index in [9.17, 15) is 23.3 Å². The summed E-state index contributed by atoms with van der Waals surface area (Å²) in [5, 5.41) is 13.2. The number of benzene rings is 1. The van der Waals surface area contributed by atoms with E-state index in [1.165, 1.54) is 12.1 Å². The topological polar surface area (TPSA) is 90.2 Å². The number of hydrogen-bond acceptors (Lipinski definition) is 6. The van der Waals surface area contributed by atoms with E-state index in [1.54, 1.807) is 0 Å². The van der Waals surface area contributed by atoms with Gasteiger partial charge >= 0.3 is 12.0 Å². The van der Waals surface area contributed by atoms with Crippen LogP contribution in [0.4, 0.5) is 30.4 Å². The fraction of sp³-hybridized carbons (Fsp3) is 0.0909. The van der Waals surface area contributed by atoms with Gasteiger partial charge in [-0.3, -0.25) is 10.1 Å². The molecule has 1 aromatic carbocycles. The third kappa shape index (κ3) is 4.19. The van der Waals surface area contributed by atoms with Crippen LogP contribution in [0.15, 0.2) is 30.5 Å². The van der Waals surface area contributed by atoms with Crippen molar-refractivity contribution in [1.29, 1.82) is 0 Å². The predicted octanol–water partition coefficient (Wildman–Crippen LogP) is 3.68. The Hall–Kier alpha value is -2.62. The molecule has 0 atom stereocenters. The average molecular weight is 335 g/mol. The van der Waals surface area contributed by atoms with Crippen LogP contribution in [-0.2, 0) is 0 Å². The second kappa shape index (κ2) is 6.02. The van der Waals surface area contributed by atoms with Crippen LogP contribution in [0, 0.1) is 10.1 Å². The quantitative estimate of drug-likeness (QED) is 0.521. The van der Waals surface area contributed by atoms with Crippen LogP contribution in [0.3, 0.4) is 0 Å². The molecule has 0 spiro atoms. The van der Waals surface area contributed by atoms with E-state index in [2.05, 4.69) is 20.0 Å². The van der Waals surface area contributed by atoms with Gasteiger partial charge in [0.05, 0.1) is 4.92 Å². The van der Waals surface area contributed by atoms with E-state index in [4.69, 9.17) is 11.6 Å². The molecule has 2 rings (SSSR count). The molecule has 7 nitrogen and oxygen atoms in total. The van der Waals surface area contributed by atoms with Crippen LogP contribution in [0.2, 0.25) is 5.28 Å². The lowest BCUT2D eigenvalue weighted by Gasteiger charge is -2.10. The molecule has 0 aliphatic heterocycles. The lowest BCUT2D eigenvalue weighted by Crippen LogP contribution is -2.17. The van der Waals surface area contributed by atoms with Crippen LogP contribution < -0.4 is 10.1 Å². The molecule has 0 amide bonds. The van der Waals surface area contributed by atoms with Crippen LogP contribution in [-0.4, -0.2) is 21.3 Å². The zero-order valence-electron chi connectivity index (χ0n) is 10.5. The van der Waals surface area contributed by atoms with Gasteiger partial charge in [0, 0.05) is 5.69 Å². The molecule has 2 aromatic rings. The van der Waals surface area contributed by atoms with Crippen LogP contribution in [0.5, 0.6) is 5.75 Å². The van der Waals surface area contributed by atoms with Gasteiger partial charge in [-0.2, -0.15) is 4.98 Å². The van der Waals surface area contributed by atoms with Crippen molar-refractivity contribution < 1.29 is 22.8 Å². The maximum absolute atomic E-state index is 12.0. The summed E-state index contributed by atoms with van der Waals surface area (Å²) < 4.78 is 39.8. The lowest BCUT2D eigenvalue weighted by atomic mass is 10.3. The largest absolute Gasteiger partial charge is 0.573 e. The highest BCUT2D eigenvalue weighted by molar-refractivity contribution is 6.28. The Morgan fingerprint density at radius 1 is 1.27 bits per heavy atom. The van der Waals surface area contributed by atoms with Crippen molar-refractivity contribution in [1.82, 2.24) is 9.97 Å². The first-order valence-corrected chi connectivity index (χ1v) is 5.92. The summed E-state index contributed by atoms with van der Waals surface area (Å²) in [6, 6.07) is 4.57. The molecule has 0 radical (unpaired) electrons. The van der Waals surface area contributed by atoms with Gasteiger partial charge < -0.3 is 10.1 Å². The van der Waals surface area contributed by atoms with Crippen molar-refractivity contribution in [3.05, 3.63) is 45.9 Å². The van der Waals surface area contributed by atoms with Crippen molar-refractivity contribution in [2.24, 2.45) is 0 Å². The summed E-state index contributed by atoms with van der Waals surface area (Å²) in [7, 11) is 0. The molecule has 0 bridgehead atoms. The number of nitrogens with zero attached hydrogens (tertiary/aromatic N) is 3. The monoisotopic (exact) mass is 334 g/mol. The molecule has 0 fully saturated rings. The molecule has 22 heavy (non-hydrogen) atoms. The zero-order valence-corrected chi connectivity index (χ0v) is 11.2. The maximum atomic E-state index is 12.0. The zero-order chi connectivity index (χ0) is 16.3.